The molecule has 0 fully saturated rings. The van der Waals surface area contributed by atoms with E-state index in [9.17, 15) is 9.59 Å². The molecule has 0 aliphatic rings. The van der Waals surface area contributed by atoms with E-state index in [2.05, 4.69) is 10.6 Å². The third-order valence-electron chi connectivity index (χ3n) is 4.00. The van der Waals surface area contributed by atoms with Crippen LogP contribution in [-0.2, 0) is 11.8 Å². The molecule has 1 aromatic heterocycles. The summed E-state index contributed by atoms with van der Waals surface area (Å²) in [4.78, 5) is 23.6. The minimum absolute atomic E-state index is 0.127. The molecule has 2 amide bonds. The van der Waals surface area contributed by atoms with Gasteiger partial charge in [-0.05, 0) is 48.9 Å². The van der Waals surface area contributed by atoms with Gasteiger partial charge in [0.2, 0.25) is 5.91 Å². The van der Waals surface area contributed by atoms with Crippen molar-refractivity contribution in [2.75, 3.05) is 10.6 Å². The molecular formula is C19H19N3O2. The van der Waals surface area contributed by atoms with E-state index in [4.69, 9.17) is 0 Å². The zero-order chi connectivity index (χ0) is 17.3. The van der Waals surface area contributed by atoms with Gasteiger partial charge in [0, 0.05) is 36.2 Å². The topological polar surface area (TPSA) is 63.1 Å². The zero-order valence-corrected chi connectivity index (χ0v) is 13.9. The maximum atomic E-state index is 12.6. The van der Waals surface area contributed by atoms with E-state index in [1.165, 1.54) is 6.92 Å². The average molecular weight is 321 g/mol. The van der Waals surface area contributed by atoms with E-state index >= 15 is 0 Å². The Balaban J connectivity index is 1.84. The molecule has 122 valence electrons. The van der Waals surface area contributed by atoms with E-state index < -0.39 is 0 Å². The summed E-state index contributed by atoms with van der Waals surface area (Å²) in [5.74, 6) is -0.293. The van der Waals surface area contributed by atoms with Gasteiger partial charge in [-0.1, -0.05) is 12.1 Å². The molecule has 24 heavy (non-hydrogen) atoms. The lowest BCUT2D eigenvalue weighted by atomic mass is 10.1. The minimum Gasteiger partial charge on any atom is -0.340 e. The summed E-state index contributed by atoms with van der Waals surface area (Å²) in [6, 6.07) is 15.0. The predicted octanol–water partition coefficient (Wildman–Crippen LogP) is 3.70. The number of fused-ring (bicyclic) bond motifs is 1. The van der Waals surface area contributed by atoms with Crippen molar-refractivity contribution < 1.29 is 9.59 Å². The summed E-state index contributed by atoms with van der Waals surface area (Å²) in [5.41, 5.74) is 4.14. The molecule has 0 bridgehead atoms. The number of nitrogens with one attached hydrogen (secondary N) is 2. The molecule has 5 heteroatoms. The Morgan fingerprint density at radius 2 is 1.58 bits per heavy atom. The largest absolute Gasteiger partial charge is 0.340 e. The summed E-state index contributed by atoms with van der Waals surface area (Å²) >= 11 is 0. The summed E-state index contributed by atoms with van der Waals surface area (Å²) in [5, 5.41) is 6.66. The molecule has 0 spiro atoms. The Morgan fingerprint density at radius 3 is 2.17 bits per heavy atom. The molecule has 0 saturated heterocycles. The van der Waals surface area contributed by atoms with Gasteiger partial charge in [0.05, 0.1) is 0 Å². The number of amides is 2. The number of carbonyl (C=O) groups excluding carboxylic acids is 2. The van der Waals surface area contributed by atoms with Crippen molar-refractivity contribution in [1.82, 2.24) is 4.57 Å². The van der Waals surface area contributed by atoms with E-state index in [-0.39, 0.29) is 11.8 Å². The second kappa shape index (κ2) is 6.20. The van der Waals surface area contributed by atoms with E-state index in [0.717, 1.165) is 16.5 Å². The SMILES string of the molecule is CC(=O)Nc1ccc(NC(=O)c2cc3c(C)cccc3n2C)cc1. The molecule has 0 atom stereocenters. The molecule has 0 unspecified atom stereocenters. The third-order valence-corrected chi connectivity index (χ3v) is 4.00. The molecule has 3 aromatic rings. The lowest BCUT2D eigenvalue weighted by molar-refractivity contribution is -0.114. The highest BCUT2D eigenvalue weighted by molar-refractivity contribution is 6.06. The number of nitrogens with zero attached hydrogens (tertiary/aromatic N) is 1. The van der Waals surface area contributed by atoms with Crippen molar-refractivity contribution in [3.8, 4) is 0 Å². The van der Waals surface area contributed by atoms with Gasteiger partial charge in [-0.15, -0.1) is 0 Å². The number of aromatic nitrogens is 1. The quantitative estimate of drug-likeness (QED) is 0.772. The van der Waals surface area contributed by atoms with Gasteiger partial charge in [-0.25, -0.2) is 0 Å². The van der Waals surface area contributed by atoms with Crippen LogP contribution < -0.4 is 10.6 Å². The Kier molecular flexibility index (Phi) is 4.08. The van der Waals surface area contributed by atoms with E-state index in [1.807, 2.05) is 42.8 Å². The fourth-order valence-corrected chi connectivity index (χ4v) is 2.76. The van der Waals surface area contributed by atoms with Gasteiger partial charge in [0.1, 0.15) is 5.69 Å². The van der Waals surface area contributed by atoms with Crippen LogP contribution in [0.3, 0.4) is 0 Å². The predicted molar refractivity (Wildman–Crippen MR) is 96.4 cm³/mol. The van der Waals surface area contributed by atoms with Crippen LogP contribution in [0.5, 0.6) is 0 Å². The lowest BCUT2D eigenvalue weighted by Gasteiger charge is -2.08. The normalized spacial score (nSPS) is 10.6. The maximum absolute atomic E-state index is 12.6. The van der Waals surface area contributed by atoms with Gasteiger partial charge in [0.15, 0.2) is 0 Å². The van der Waals surface area contributed by atoms with Crippen LogP contribution in [-0.4, -0.2) is 16.4 Å². The fraction of sp³-hybridized carbons (Fsp3) is 0.158. The first-order chi connectivity index (χ1) is 11.5. The Morgan fingerprint density at radius 1 is 0.958 bits per heavy atom. The van der Waals surface area contributed by atoms with Gasteiger partial charge in [-0.3, -0.25) is 9.59 Å². The van der Waals surface area contributed by atoms with Crippen LogP contribution >= 0.6 is 0 Å². The molecule has 0 aliphatic heterocycles. The van der Waals surface area contributed by atoms with Gasteiger partial charge in [-0.2, -0.15) is 0 Å². The van der Waals surface area contributed by atoms with Crippen molar-refractivity contribution in [1.29, 1.82) is 0 Å². The molecule has 0 saturated carbocycles. The average Bonchev–Trinajstić information content (AvgIpc) is 2.88. The summed E-state index contributed by atoms with van der Waals surface area (Å²) in [6.07, 6.45) is 0. The smallest absolute Gasteiger partial charge is 0.272 e. The molecule has 5 nitrogen and oxygen atoms in total. The fourth-order valence-electron chi connectivity index (χ4n) is 2.76. The van der Waals surface area contributed by atoms with Crippen molar-refractivity contribution in [3.05, 3.63) is 59.8 Å². The first-order valence-electron chi connectivity index (χ1n) is 7.70. The number of benzene rings is 2. The second-order valence-corrected chi connectivity index (χ2v) is 5.81. The van der Waals surface area contributed by atoms with Crippen LogP contribution in [0.1, 0.15) is 23.0 Å². The highest BCUT2D eigenvalue weighted by Gasteiger charge is 2.14. The van der Waals surface area contributed by atoms with Crippen molar-refractivity contribution in [3.63, 3.8) is 0 Å². The summed E-state index contributed by atoms with van der Waals surface area (Å²) in [6.45, 7) is 3.49. The first kappa shape index (κ1) is 15.8. The Hall–Kier alpha value is -3.08. The van der Waals surface area contributed by atoms with Crippen molar-refractivity contribution in [2.45, 2.75) is 13.8 Å². The maximum Gasteiger partial charge on any atom is 0.272 e. The van der Waals surface area contributed by atoms with Gasteiger partial charge < -0.3 is 15.2 Å². The van der Waals surface area contributed by atoms with Crippen molar-refractivity contribution >= 4 is 34.1 Å². The molecule has 0 radical (unpaired) electrons. The number of hydrogen-bond donors (Lipinski definition) is 2. The number of aryl methyl sites for hydroxylation is 2. The highest BCUT2D eigenvalue weighted by Crippen LogP contribution is 2.23. The number of anilines is 2. The standard InChI is InChI=1S/C19H19N3O2/c1-12-5-4-6-17-16(12)11-18(22(17)3)19(24)21-15-9-7-14(8-10-15)20-13(2)23/h4-11H,1-3H3,(H,20,23)(H,21,24). The molecule has 1 heterocycles. The van der Waals surface area contributed by atoms with Crippen LogP contribution in [0.4, 0.5) is 11.4 Å². The Bertz CT molecular complexity index is 924. The number of carbonyl (C=O) groups is 2. The van der Waals surface area contributed by atoms with Gasteiger partial charge >= 0.3 is 0 Å². The van der Waals surface area contributed by atoms with Crippen LogP contribution in [0.2, 0.25) is 0 Å². The lowest BCUT2D eigenvalue weighted by Crippen LogP contribution is -2.15. The van der Waals surface area contributed by atoms with Gasteiger partial charge in [0.25, 0.3) is 5.91 Å². The second-order valence-electron chi connectivity index (χ2n) is 5.81. The molecule has 3 rings (SSSR count). The minimum atomic E-state index is -0.166. The molecular weight excluding hydrogens is 302 g/mol. The molecule has 0 aliphatic carbocycles. The molecule has 2 aromatic carbocycles. The Labute approximate surface area is 140 Å². The number of rotatable bonds is 3. The monoisotopic (exact) mass is 321 g/mol. The van der Waals surface area contributed by atoms with Crippen LogP contribution in [0, 0.1) is 6.92 Å². The van der Waals surface area contributed by atoms with E-state index in [1.54, 1.807) is 24.3 Å². The summed E-state index contributed by atoms with van der Waals surface area (Å²) < 4.78 is 1.89. The number of hydrogen-bond acceptors (Lipinski definition) is 2. The van der Waals surface area contributed by atoms with Crippen molar-refractivity contribution in [2.24, 2.45) is 7.05 Å². The highest BCUT2D eigenvalue weighted by atomic mass is 16.2. The zero-order valence-electron chi connectivity index (χ0n) is 13.9. The van der Waals surface area contributed by atoms with Crippen LogP contribution in [0.25, 0.3) is 10.9 Å². The first-order valence-corrected chi connectivity index (χ1v) is 7.70. The summed E-state index contributed by atoms with van der Waals surface area (Å²) in [7, 11) is 1.89. The van der Waals surface area contributed by atoms with E-state index in [0.29, 0.717) is 17.1 Å². The molecule has 2 N–H and O–H groups in total. The van der Waals surface area contributed by atoms with Crippen LogP contribution in [0.15, 0.2) is 48.5 Å². The third kappa shape index (κ3) is 3.01.